The van der Waals surface area contributed by atoms with Crippen LogP contribution in [0.15, 0.2) is 158 Å². The van der Waals surface area contributed by atoms with E-state index < -0.39 is 0 Å². The first-order valence-electron chi connectivity index (χ1n) is 14.5. The fraction of sp³-hybridized carbons (Fsp3) is 0. The highest BCUT2D eigenvalue weighted by atomic mass is 15.0. The molecule has 0 radical (unpaired) electrons. The second-order valence-electron chi connectivity index (χ2n) is 11.0. The zero-order chi connectivity index (χ0) is 27.6. The molecule has 0 fully saturated rings. The van der Waals surface area contributed by atoms with Crippen LogP contribution in [0, 0.1) is 0 Å². The van der Waals surface area contributed by atoms with E-state index in [1.54, 1.807) is 0 Å². The minimum atomic E-state index is 1.16. The van der Waals surface area contributed by atoms with Gasteiger partial charge < -0.3 is 9.13 Å². The number of fused-ring (bicyclic) bond motifs is 8. The van der Waals surface area contributed by atoms with Crippen LogP contribution in [-0.2, 0) is 0 Å². The van der Waals surface area contributed by atoms with Crippen LogP contribution >= 0.6 is 0 Å². The normalized spacial score (nSPS) is 11.8. The van der Waals surface area contributed by atoms with E-state index >= 15 is 0 Å². The smallest absolute Gasteiger partial charge is 0.0789 e. The molecule has 2 aromatic heterocycles. The molecule has 0 aliphatic rings. The maximum Gasteiger partial charge on any atom is 0.0789 e. The number of para-hydroxylation sites is 2. The molecule has 0 bridgehead atoms. The lowest BCUT2D eigenvalue weighted by Crippen LogP contribution is -1.99. The molecule has 0 N–H and O–H groups in total. The van der Waals surface area contributed by atoms with Gasteiger partial charge in [0, 0.05) is 32.6 Å². The Morgan fingerprint density at radius 1 is 0.310 bits per heavy atom. The van der Waals surface area contributed by atoms with Crippen molar-refractivity contribution in [3.05, 3.63) is 158 Å². The van der Waals surface area contributed by atoms with Crippen molar-refractivity contribution < 1.29 is 0 Å². The topological polar surface area (TPSA) is 9.86 Å². The van der Waals surface area contributed by atoms with Gasteiger partial charge in [-0.25, -0.2) is 0 Å². The minimum Gasteiger partial charge on any atom is -0.307 e. The van der Waals surface area contributed by atoms with Crippen molar-refractivity contribution in [3.8, 4) is 22.5 Å². The van der Waals surface area contributed by atoms with E-state index in [1.165, 1.54) is 71.2 Å². The lowest BCUT2D eigenvalue weighted by atomic mass is 10.1. The molecule has 2 heterocycles. The molecule has 9 rings (SSSR count). The molecule has 0 atom stereocenters. The summed E-state index contributed by atoms with van der Waals surface area (Å²) in [5, 5.41) is 7.53. The summed E-state index contributed by atoms with van der Waals surface area (Å²) in [5.41, 5.74) is 9.68. The molecular formula is C40H26N2. The van der Waals surface area contributed by atoms with Crippen molar-refractivity contribution in [1.29, 1.82) is 0 Å². The molecule has 0 amide bonds. The highest BCUT2D eigenvalue weighted by molar-refractivity contribution is 6.24. The summed E-state index contributed by atoms with van der Waals surface area (Å²) < 4.78 is 4.95. The van der Waals surface area contributed by atoms with Crippen LogP contribution in [-0.4, -0.2) is 9.13 Å². The van der Waals surface area contributed by atoms with Crippen LogP contribution in [0.5, 0.6) is 0 Å². The number of aromatic nitrogens is 2. The monoisotopic (exact) mass is 534 g/mol. The summed E-state index contributed by atoms with van der Waals surface area (Å²) in [6.45, 7) is 0. The average molecular weight is 535 g/mol. The molecule has 0 unspecified atom stereocenters. The average Bonchev–Trinajstić information content (AvgIpc) is 3.58. The molecule has 9 aromatic rings. The molecule has 196 valence electrons. The Hall–Kier alpha value is -5.60. The number of benzene rings is 7. The van der Waals surface area contributed by atoms with E-state index in [0.717, 1.165) is 5.69 Å². The Bertz CT molecular complexity index is 2440. The van der Waals surface area contributed by atoms with Gasteiger partial charge in [0.15, 0.2) is 0 Å². The van der Waals surface area contributed by atoms with Crippen LogP contribution in [0.3, 0.4) is 0 Å². The van der Waals surface area contributed by atoms with Gasteiger partial charge in [-0.3, -0.25) is 0 Å². The predicted molar refractivity (Wildman–Crippen MR) is 178 cm³/mol. The van der Waals surface area contributed by atoms with Gasteiger partial charge in [0.2, 0.25) is 0 Å². The van der Waals surface area contributed by atoms with E-state index in [4.69, 9.17) is 0 Å². The zero-order valence-corrected chi connectivity index (χ0v) is 22.9. The van der Waals surface area contributed by atoms with Gasteiger partial charge in [0.1, 0.15) is 0 Å². The van der Waals surface area contributed by atoms with E-state index in [2.05, 4.69) is 167 Å². The fourth-order valence-corrected chi connectivity index (χ4v) is 6.86. The Morgan fingerprint density at radius 3 is 1.55 bits per heavy atom. The largest absolute Gasteiger partial charge is 0.307 e. The Morgan fingerprint density at radius 2 is 0.833 bits per heavy atom. The zero-order valence-electron chi connectivity index (χ0n) is 22.9. The fourth-order valence-electron chi connectivity index (χ4n) is 6.86. The van der Waals surface area contributed by atoms with Gasteiger partial charge in [-0.05, 0) is 46.8 Å². The van der Waals surface area contributed by atoms with Crippen LogP contribution in [0.2, 0.25) is 0 Å². The SMILES string of the molecule is c1ccc(-c2ccc(-n3c4ccccc4c4ccc5c6ccccc6n(-c6cccc7ccccc67)c5c43)cc2)cc1. The van der Waals surface area contributed by atoms with E-state index in [0.29, 0.717) is 0 Å². The molecule has 2 heteroatoms. The Kier molecular flexibility index (Phi) is 4.93. The molecule has 0 saturated carbocycles. The molecule has 0 spiro atoms. The van der Waals surface area contributed by atoms with Gasteiger partial charge in [0.05, 0.1) is 27.8 Å². The number of hydrogen-bond donors (Lipinski definition) is 0. The summed E-state index contributed by atoms with van der Waals surface area (Å²) in [4.78, 5) is 0. The third-order valence-electron chi connectivity index (χ3n) is 8.71. The van der Waals surface area contributed by atoms with Crippen LogP contribution in [0.1, 0.15) is 0 Å². The molecule has 7 aromatic carbocycles. The lowest BCUT2D eigenvalue weighted by molar-refractivity contribution is 1.16. The number of nitrogens with zero attached hydrogens (tertiary/aromatic N) is 2. The van der Waals surface area contributed by atoms with Gasteiger partial charge in [0.25, 0.3) is 0 Å². The summed E-state index contributed by atoms with van der Waals surface area (Å²) >= 11 is 0. The minimum absolute atomic E-state index is 1.16. The van der Waals surface area contributed by atoms with Crippen molar-refractivity contribution in [3.63, 3.8) is 0 Å². The second kappa shape index (κ2) is 8.95. The van der Waals surface area contributed by atoms with Crippen molar-refractivity contribution >= 4 is 54.4 Å². The summed E-state index contributed by atoms with van der Waals surface area (Å²) in [5.74, 6) is 0. The number of hydrogen-bond acceptors (Lipinski definition) is 0. The highest BCUT2D eigenvalue weighted by Gasteiger charge is 2.21. The van der Waals surface area contributed by atoms with Gasteiger partial charge in [-0.1, -0.05) is 127 Å². The Balaban J connectivity index is 1.45. The van der Waals surface area contributed by atoms with Gasteiger partial charge in [-0.2, -0.15) is 0 Å². The standard InChI is InChI=1S/C40H26N2/c1-2-11-27(12-3-1)28-21-23-30(24-22-28)41-37-18-8-6-16-32(37)34-25-26-35-33-17-7-9-19-38(33)42(40(35)39(34)41)36-20-10-14-29-13-4-5-15-31(29)36/h1-26H. The lowest BCUT2D eigenvalue weighted by Gasteiger charge is -2.14. The van der Waals surface area contributed by atoms with Crippen LogP contribution in [0.4, 0.5) is 0 Å². The van der Waals surface area contributed by atoms with Crippen molar-refractivity contribution in [2.75, 3.05) is 0 Å². The molecule has 0 saturated heterocycles. The van der Waals surface area contributed by atoms with Crippen LogP contribution < -0.4 is 0 Å². The van der Waals surface area contributed by atoms with E-state index in [9.17, 15) is 0 Å². The number of rotatable bonds is 3. The maximum atomic E-state index is 2.49. The molecule has 0 aliphatic heterocycles. The van der Waals surface area contributed by atoms with E-state index in [-0.39, 0.29) is 0 Å². The molecule has 2 nitrogen and oxygen atoms in total. The molecule has 42 heavy (non-hydrogen) atoms. The van der Waals surface area contributed by atoms with Crippen molar-refractivity contribution in [2.24, 2.45) is 0 Å². The van der Waals surface area contributed by atoms with Gasteiger partial charge in [-0.15, -0.1) is 0 Å². The first-order valence-corrected chi connectivity index (χ1v) is 14.5. The Labute approximate surface area is 243 Å². The first kappa shape index (κ1) is 23.1. The quantitative estimate of drug-likeness (QED) is 0.213. The van der Waals surface area contributed by atoms with Crippen molar-refractivity contribution in [2.45, 2.75) is 0 Å². The van der Waals surface area contributed by atoms with E-state index in [1.807, 2.05) is 0 Å². The molecular weight excluding hydrogens is 508 g/mol. The maximum absolute atomic E-state index is 2.49. The third-order valence-corrected chi connectivity index (χ3v) is 8.71. The highest BCUT2D eigenvalue weighted by Crippen LogP contribution is 2.42. The second-order valence-corrected chi connectivity index (χ2v) is 11.0. The third kappa shape index (κ3) is 3.27. The van der Waals surface area contributed by atoms with Crippen molar-refractivity contribution in [1.82, 2.24) is 9.13 Å². The molecule has 0 aliphatic carbocycles. The first-order chi connectivity index (χ1) is 20.9. The van der Waals surface area contributed by atoms with Gasteiger partial charge >= 0.3 is 0 Å². The summed E-state index contributed by atoms with van der Waals surface area (Å²) in [7, 11) is 0. The summed E-state index contributed by atoms with van der Waals surface area (Å²) in [6.07, 6.45) is 0. The van der Waals surface area contributed by atoms with Crippen LogP contribution in [0.25, 0.3) is 76.9 Å². The summed E-state index contributed by atoms with van der Waals surface area (Å²) in [6, 6.07) is 57.2. The predicted octanol–water partition coefficient (Wildman–Crippen LogP) is 10.7.